The van der Waals surface area contributed by atoms with Crippen LogP contribution in [0.5, 0.6) is 5.88 Å². The van der Waals surface area contributed by atoms with Gasteiger partial charge < -0.3 is 19.4 Å². The molecule has 0 radical (unpaired) electrons. The number of carbonyl (C=O) groups is 1. The zero-order valence-corrected chi connectivity index (χ0v) is 10.9. The molecule has 1 aromatic rings. The predicted octanol–water partition coefficient (Wildman–Crippen LogP) is 0.449. The fourth-order valence-corrected chi connectivity index (χ4v) is 1.19. The molecule has 0 atom stereocenters. The number of nitrogens with zero attached hydrogens (tertiary/aromatic N) is 2. The third kappa shape index (κ3) is 4.57. The molecule has 0 aliphatic rings. The molecule has 0 aromatic carbocycles. The molecule has 1 aromatic heterocycles. The van der Waals surface area contributed by atoms with E-state index in [9.17, 15) is 14.9 Å². The minimum Gasteiger partial charge on any atom is -0.465 e. The molecule has 0 fully saturated rings. The number of aryl methyl sites for hydroxylation is 1. The van der Waals surface area contributed by atoms with Crippen molar-refractivity contribution in [2.75, 3.05) is 19.8 Å². The Morgan fingerprint density at radius 2 is 2.39 bits per heavy atom. The molecule has 0 saturated carbocycles. The van der Waals surface area contributed by atoms with Crippen molar-refractivity contribution in [3.05, 3.63) is 20.3 Å². The number of rotatable bonds is 7. The maximum absolute atomic E-state index is 11.2. The van der Waals surface area contributed by atoms with Crippen LogP contribution >= 0.6 is 15.9 Å². The Labute approximate surface area is 110 Å². The summed E-state index contributed by atoms with van der Waals surface area (Å²) in [4.78, 5) is 25.1. The Hall–Kier alpha value is -1.84. The standard InChI is InChI=1S/C8H10BrN3O6/c1-5-7(9)8(11-18-5)16-4-6(13)10-2-3-17-12(14)15/h2-4H2,1H3,(H,10,13). The Morgan fingerprint density at radius 3 is 2.94 bits per heavy atom. The summed E-state index contributed by atoms with van der Waals surface area (Å²) in [5.74, 6) is 0.253. The second kappa shape index (κ2) is 6.79. The molecule has 9 nitrogen and oxygen atoms in total. The second-order valence-corrected chi connectivity index (χ2v) is 3.85. The number of carbonyl (C=O) groups excluding carboxylic acids is 1. The van der Waals surface area contributed by atoms with Crippen LogP contribution in [-0.2, 0) is 9.63 Å². The number of amides is 1. The van der Waals surface area contributed by atoms with Gasteiger partial charge in [-0.2, -0.15) is 0 Å². The van der Waals surface area contributed by atoms with Gasteiger partial charge in [0.1, 0.15) is 11.1 Å². The van der Waals surface area contributed by atoms with Crippen molar-refractivity contribution >= 4 is 21.8 Å². The first-order chi connectivity index (χ1) is 8.50. The Balaban J connectivity index is 2.21. The molecule has 0 saturated heterocycles. The number of aromatic nitrogens is 1. The van der Waals surface area contributed by atoms with E-state index in [4.69, 9.17) is 9.26 Å². The Bertz CT molecular complexity index is 434. The van der Waals surface area contributed by atoms with E-state index >= 15 is 0 Å². The Kier molecular flexibility index (Phi) is 5.36. The lowest BCUT2D eigenvalue weighted by Gasteiger charge is -2.04. The molecule has 100 valence electrons. The van der Waals surface area contributed by atoms with E-state index in [1.54, 1.807) is 6.92 Å². The van der Waals surface area contributed by atoms with Crippen molar-refractivity contribution in [2.24, 2.45) is 0 Å². The second-order valence-electron chi connectivity index (χ2n) is 3.05. The van der Waals surface area contributed by atoms with Gasteiger partial charge in [0.15, 0.2) is 12.4 Å². The fourth-order valence-electron chi connectivity index (χ4n) is 0.926. The summed E-state index contributed by atoms with van der Waals surface area (Å²) in [5.41, 5.74) is 0. The highest BCUT2D eigenvalue weighted by Crippen LogP contribution is 2.26. The molecule has 1 heterocycles. The van der Waals surface area contributed by atoms with Crippen molar-refractivity contribution in [1.82, 2.24) is 10.5 Å². The van der Waals surface area contributed by atoms with Crippen LogP contribution in [-0.4, -0.2) is 35.9 Å². The molecule has 0 aliphatic heterocycles. The lowest BCUT2D eigenvalue weighted by Crippen LogP contribution is -2.32. The van der Waals surface area contributed by atoms with Crippen molar-refractivity contribution in [3.63, 3.8) is 0 Å². The van der Waals surface area contributed by atoms with Crippen LogP contribution in [0.1, 0.15) is 5.76 Å². The average molecular weight is 324 g/mol. The van der Waals surface area contributed by atoms with Gasteiger partial charge in [-0.05, 0) is 28.0 Å². The first-order valence-electron chi connectivity index (χ1n) is 4.79. The summed E-state index contributed by atoms with van der Waals surface area (Å²) >= 11 is 3.17. The average Bonchev–Trinajstić information content (AvgIpc) is 2.63. The van der Waals surface area contributed by atoms with Gasteiger partial charge in [-0.3, -0.25) is 4.79 Å². The molecule has 18 heavy (non-hydrogen) atoms. The number of ether oxygens (including phenoxy) is 1. The molecule has 0 unspecified atom stereocenters. The summed E-state index contributed by atoms with van der Waals surface area (Å²) in [6, 6.07) is 0. The fraction of sp³-hybridized carbons (Fsp3) is 0.500. The molecule has 0 spiro atoms. The van der Waals surface area contributed by atoms with Gasteiger partial charge in [0.25, 0.3) is 16.9 Å². The Morgan fingerprint density at radius 1 is 1.67 bits per heavy atom. The minimum atomic E-state index is -0.933. The van der Waals surface area contributed by atoms with Crippen LogP contribution in [0, 0.1) is 17.0 Å². The topological polar surface area (TPSA) is 117 Å². The smallest absolute Gasteiger partial charge is 0.294 e. The highest BCUT2D eigenvalue weighted by Gasteiger charge is 2.12. The molecule has 0 bridgehead atoms. The number of hydrogen-bond donors (Lipinski definition) is 1. The number of hydrogen-bond acceptors (Lipinski definition) is 7. The molecule has 1 amide bonds. The summed E-state index contributed by atoms with van der Waals surface area (Å²) in [6.07, 6.45) is 0. The maximum Gasteiger partial charge on any atom is 0.294 e. The first kappa shape index (κ1) is 14.2. The molecule has 1 rings (SSSR count). The highest BCUT2D eigenvalue weighted by atomic mass is 79.9. The van der Waals surface area contributed by atoms with E-state index in [0.717, 1.165) is 0 Å². The van der Waals surface area contributed by atoms with Crippen molar-refractivity contribution < 1.29 is 24.0 Å². The largest absolute Gasteiger partial charge is 0.465 e. The van der Waals surface area contributed by atoms with Crippen LogP contribution in [0.2, 0.25) is 0 Å². The van der Waals surface area contributed by atoms with Crippen LogP contribution in [0.4, 0.5) is 0 Å². The minimum absolute atomic E-state index is 0.0161. The molecular formula is C8H10BrN3O6. The third-order valence-corrected chi connectivity index (χ3v) is 2.62. The molecule has 0 aliphatic carbocycles. The van der Waals surface area contributed by atoms with Gasteiger partial charge in [-0.25, -0.2) is 0 Å². The zero-order valence-electron chi connectivity index (χ0n) is 9.34. The zero-order chi connectivity index (χ0) is 13.5. The summed E-state index contributed by atoms with van der Waals surface area (Å²) in [7, 11) is 0. The van der Waals surface area contributed by atoms with E-state index in [1.165, 1.54) is 0 Å². The SMILES string of the molecule is Cc1onc(OCC(=O)NCCO[N+](=O)[O-])c1Br. The summed E-state index contributed by atoms with van der Waals surface area (Å²) in [5, 5.41) is 14.8. The van der Waals surface area contributed by atoms with Gasteiger partial charge in [-0.15, -0.1) is 10.1 Å². The predicted molar refractivity (Wildman–Crippen MR) is 60.4 cm³/mol. The van der Waals surface area contributed by atoms with Crippen LogP contribution < -0.4 is 10.1 Å². The molecular weight excluding hydrogens is 314 g/mol. The van der Waals surface area contributed by atoms with Crippen LogP contribution in [0.25, 0.3) is 0 Å². The van der Waals surface area contributed by atoms with E-state index in [2.05, 4.69) is 31.2 Å². The van der Waals surface area contributed by atoms with Crippen LogP contribution in [0.15, 0.2) is 9.00 Å². The number of nitrogens with one attached hydrogen (secondary N) is 1. The summed E-state index contributed by atoms with van der Waals surface area (Å²) < 4.78 is 10.4. The van der Waals surface area contributed by atoms with E-state index in [-0.39, 0.29) is 25.6 Å². The van der Waals surface area contributed by atoms with Crippen molar-refractivity contribution in [1.29, 1.82) is 0 Å². The monoisotopic (exact) mass is 323 g/mol. The van der Waals surface area contributed by atoms with Crippen molar-refractivity contribution in [3.8, 4) is 5.88 Å². The quantitative estimate of drug-likeness (QED) is 0.439. The highest BCUT2D eigenvalue weighted by molar-refractivity contribution is 9.10. The molecule has 1 N–H and O–H groups in total. The van der Waals surface area contributed by atoms with Crippen LogP contribution in [0.3, 0.4) is 0 Å². The van der Waals surface area contributed by atoms with Gasteiger partial charge in [0.05, 0.1) is 0 Å². The number of halogens is 1. The first-order valence-corrected chi connectivity index (χ1v) is 5.58. The van der Waals surface area contributed by atoms with Crippen molar-refractivity contribution in [2.45, 2.75) is 6.92 Å². The normalized spacial score (nSPS) is 9.89. The van der Waals surface area contributed by atoms with E-state index in [1.807, 2.05) is 0 Å². The molecule has 10 heteroatoms. The van der Waals surface area contributed by atoms with Gasteiger partial charge in [0.2, 0.25) is 0 Å². The summed E-state index contributed by atoms with van der Waals surface area (Å²) in [6.45, 7) is 1.20. The maximum atomic E-state index is 11.2. The van der Waals surface area contributed by atoms with Gasteiger partial charge >= 0.3 is 0 Å². The van der Waals surface area contributed by atoms with E-state index in [0.29, 0.717) is 10.2 Å². The van der Waals surface area contributed by atoms with E-state index < -0.39 is 11.0 Å². The van der Waals surface area contributed by atoms with Gasteiger partial charge in [-0.1, -0.05) is 0 Å². The lowest BCUT2D eigenvalue weighted by atomic mass is 10.5. The van der Waals surface area contributed by atoms with Gasteiger partial charge in [0, 0.05) is 6.54 Å². The third-order valence-electron chi connectivity index (χ3n) is 1.72. The lowest BCUT2D eigenvalue weighted by molar-refractivity contribution is -0.757.